The van der Waals surface area contributed by atoms with Gasteiger partial charge in [0.15, 0.2) is 0 Å². The summed E-state index contributed by atoms with van der Waals surface area (Å²) in [6, 6.07) is 8.15. The lowest BCUT2D eigenvalue weighted by Crippen LogP contribution is -2.23. The van der Waals surface area contributed by atoms with Crippen LogP contribution in [0.5, 0.6) is 0 Å². The molecule has 2 nitrogen and oxygen atoms in total. The Morgan fingerprint density at radius 1 is 1.27 bits per heavy atom. The third-order valence-electron chi connectivity index (χ3n) is 1.87. The Labute approximate surface area is 84.7 Å². The van der Waals surface area contributed by atoms with Crippen molar-refractivity contribution in [1.82, 2.24) is 0 Å². The molecule has 1 atom stereocenters. The van der Waals surface area contributed by atoms with Crippen LogP contribution < -0.4 is 0 Å². The molecule has 82 valence electrons. The fraction of sp³-hybridized carbons (Fsp3) is 0.300. The van der Waals surface area contributed by atoms with Crippen molar-refractivity contribution in [2.75, 3.05) is 0 Å². The zero-order chi connectivity index (χ0) is 11.5. The van der Waals surface area contributed by atoms with E-state index in [9.17, 15) is 18.0 Å². The fourth-order valence-corrected chi connectivity index (χ4v) is 1.08. The number of benzene rings is 1. The van der Waals surface area contributed by atoms with E-state index in [1.165, 1.54) is 6.92 Å². The maximum absolute atomic E-state index is 11.7. The van der Waals surface area contributed by atoms with Crippen LogP contribution in [0.15, 0.2) is 30.3 Å². The number of ether oxygens (including phenoxy) is 1. The maximum atomic E-state index is 11.7. The molecule has 0 aliphatic heterocycles. The van der Waals surface area contributed by atoms with Crippen molar-refractivity contribution in [3.05, 3.63) is 35.9 Å². The minimum Gasteiger partial charge on any atom is -0.372 e. The smallest absolute Gasteiger partial charge is 0.372 e. The van der Waals surface area contributed by atoms with Gasteiger partial charge in [0, 0.05) is 0 Å². The number of rotatable bonds is 2. The molecule has 1 rings (SSSR count). The van der Waals surface area contributed by atoms with E-state index >= 15 is 0 Å². The van der Waals surface area contributed by atoms with E-state index in [1.54, 1.807) is 30.3 Å². The van der Waals surface area contributed by atoms with Gasteiger partial charge in [0.2, 0.25) is 0 Å². The molecule has 1 aromatic carbocycles. The van der Waals surface area contributed by atoms with Crippen molar-refractivity contribution in [3.8, 4) is 0 Å². The van der Waals surface area contributed by atoms with Gasteiger partial charge in [-0.15, -0.1) is 13.2 Å². The van der Waals surface area contributed by atoms with Crippen LogP contribution in [-0.2, 0) is 9.53 Å². The summed E-state index contributed by atoms with van der Waals surface area (Å²) >= 11 is 0. The highest BCUT2D eigenvalue weighted by Gasteiger charge is 2.35. The van der Waals surface area contributed by atoms with Gasteiger partial charge in [0.25, 0.3) is 0 Å². The Balaban J connectivity index is 2.70. The average molecular weight is 218 g/mol. The fourth-order valence-electron chi connectivity index (χ4n) is 1.08. The van der Waals surface area contributed by atoms with Gasteiger partial charge in [-0.2, -0.15) is 0 Å². The molecule has 0 aliphatic rings. The van der Waals surface area contributed by atoms with E-state index in [0.717, 1.165) is 0 Å². The monoisotopic (exact) mass is 218 g/mol. The highest BCUT2D eigenvalue weighted by atomic mass is 19.4. The first kappa shape index (κ1) is 11.6. The molecular weight excluding hydrogens is 209 g/mol. The molecule has 15 heavy (non-hydrogen) atoms. The Morgan fingerprint density at radius 3 is 2.27 bits per heavy atom. The first-order valence-corrected chi connectivity index (χ1v) is 4.24. The quantitative estimate of drug-likeness (QED) is 0.713. The number of carbonyl (C=O) groups excluding carboxylic acids is 1. The summed E-state index contributed by atoms with van der Waals surface area (Å²) in [6.45, 7) is 1.36. The van der Waals surface area contributed by atoms with Crippen molar-refractivity contribution < 1.29 is 22.7 Å². The molecule has 0 fully saturated rings. The van der Waals surface area contributed by atoms with E-state index in [2.05, 4.69) is 4.74 Å². The molecule has 0 spiro atoms. The van der Waals surface area contributed by atoms with Gasteiger partial charge in [-0.3, -0.25) is 4.79 Å². The van der Waals surface area contributed by atoms with Gasteiger partial charge in [0.05, 0.1) is 5.92 Å². The van der Waals surface area contributed by atoms with E-state index in [0.29, 0.717) is 5.56 Å². The zero-order valence-electron chi connectivity index (χ0n) is 7.91. The van der Waals surface area contributed by atoms with Crippen molar-refractivity contribution >= 4 is 5.97 Å². The van der Waals surface area contributed by atoms with Gasteiger partial charge in [-0.25, -0.2) is 0 Å². The Kier molecular flexibility index (Phi) is 3.34. The highest BCUT2D eigenvalue weighted by molar-refractivity contribution is 5.77. The van der Waals surface area contributed by atoms with E-state index in [4.69, 9.17) is 0 Å². The molecule has 0 bridgehead atoms. The number of alkyl halides is 3. The number of hydrogen-bond acceptors (Lipinski definition) is 2. The summed E-state index contributed by atoms with van der Waals surface area (Å²) in [5.74, 6) is -2.22. The lowest BCUT2D eigenvalue weighted by molar-refractivity contribution is -0.306. The van der Waals surface area contributed by atoms with Gasteiger partial charge >= 0.3 is 12.3 Å². The van der Waals surface area contributed by atoms with Crippen LogP contribution in [0.1, 0.15) is 18.4 Å². The summed E-state index contributed by atoms with van der Waals surface area (Å²) in [5, 5.41) is 0. The third-order valence-corrected chi connectivity index (χ3v) is 1.87. The SMILES string of the molecule is CC(C(=O)OC(F)(F)F)c1ccccc1. The van der Waals surface area contributed by atoms with Crippen LogP contribution >= 0.6 is 0 Å². The molecule has 0 N–H and O–H groups in total. The number of esters is 1. The van der Waals surface area contributed by atoms with Crippen LogP contribution in [0.3, 0.4) is 0 Å². The summed E-state index contributed by atoms with van der Waals surface area (Å²) in [7, 11) is 0. The molecule has 0 saturated carbocycles. The van der Waals surface area contributed by atoms with E-state index < -0.39 is 18.2 Å². The zero-order valence-corrected chi connectivity index (χ0v) is 7.91. The molecule has 0 heterocycles. The normalized spacial score (nSPS) is 13.3. The molecule has 1 aromatic rings. The van der Waals surface area contributed by atoms with Gasteiger partial charge in [0.1, 0.15) is 0 Å². The second kappa shape index (κ2) is 4.33. The number of carbonyl (C=O) groups is 1. The first-order valence-electron chi connectivity index (χ1n) is 4.24. The topological polar surface area (TPSA) is 26.3 Å². The predicted molar refractivity (Wildman–Crippen MR) is 47.0 cm³/mol. The number of halogens is 3. The van der Waals surface area contributed by atoms with Gasteiger partial charge in [-0.05, 0) is 12.5 Å². The van der Waals surface area contributed by atoms with E-state index in [-0.39, 0.29) is 0 Å². The van der Waals surface area contributed by atoms with Crippen molar-refractivity contribution in [3.63, 3.8) is 0 Å². The Bertz CT molecular complexity index is 332. The van der Waals surface area contributed by atoms with Crippen LogP contribution in [0, 0.1) is 0 Å². The summed E-state index contributed by atoms with van der Waals surface area (Å²) in [5.41, 5.74) is 0.492. The molecule has 0 radical (unpaired) electrons. The molecule has 0 amide bonds. The summed E-state index contributed by atoms with van der Waals surface area (Å²) in [6.07, 6.45) is -4.92. The van der Waals surface area contributed by atoms with Gasteiger partial charge in [-0.1, -0.05) is 30.3 Å². The Morgan fingerprint density at radius 2 is 1.80 bits per heavy atom. The molecule has 1 unspecified atom stereocenters. The predicted octanol–water partition coefficient (Wildman–Crippen LogP) is 2.85. The summed E-state index contributed by atoms with van der Waals surface area (Å²) < 4.78 is 38.5. The standard InChI is InChI=1S/C10H9F3O2/c1-7(8-5-3-2-4-6-8)9(14)15-10(11,12)13/h2-7H,1H3. The summed E-state index contributed by atoms with van der Waals surface area (Å²) in [4.78, 5) is 11.0. The highest BCUT2D eigenvalue weighted by Crippen LogP contribution is 2.23. The second-order valence-corrected chi connectivity index (χ2v) is 3.00. The largest absolute Gasteiger partial charge is 0.575 e. The lowest BCUT2D eigenvalue weighted by Gasteiger charge is -2.12. The molecule has 0 aliphatic carbocycles. The minimum absolute atomic E-state index is 0.492. The van der Waals surface area contributed by atoms with Crippen molar-refractivity contribution in [1.29, 1.82) is 0 Å². The molecule has 0 aromatic heterocycles. The minimum atomic E-state index is -4.92. The number of hydrogen-bond donors (Lipinski definition) is 0. The average Bonchev–Trinajstić information content (AvgIpc) is 2.15. The second-order valence-electron chi connectivity index (χ2n) is 3.00. The maximum Gasteiger partial charge on any atom is 0.575 e. The lowest BCUT2D eigenvalue weighted by atomic mass is 10.0. The van der Waals surface area contributed by atoms with Crippen molar-refractivity contribution in [2.24, 2.45) is 0 Å². The Hall–Kier alpha value is -1.52. The van der Waals surface area contributed by atoms with Crippen LogP contribution in [0.2, 0.25) is 0 Å². The first-order chi connectivity index (χ1) is 6.90. The molecule has 5 heteroatoms. The molecular formula is C10H9F3O2. The van der Waals surface area contributed by atoms with Crippen LogP contribution in [0.25, 0.3) is 0 Å². The third kappa shape index (κ3) is 3.61. The van der Waals surface area contributed by atoms with E-state index in [1.807, 2.05) is 0 Å². The van der Waals surface area contributed by atoms with Crippen LogP contribution in [-0.4, -0.2) is 12.3 Å². The van der Waals surface area contributed by atoms with Crippen LogP contribution in [0.4, 0.5) is 13.2 Å². The van der Waals surface area contributed by atoms with Crippen molar-refractivity contribution in [2.45, 2.75) is 19.2 Å². The molecule has 0 saturated heterocycles. The van der Waals surface area contributed by atoms with Gasteiger partial charge < -0.3 is 4.74 Å².